The second-order valence-electron chi connectivity index (χ2n) is 6.60. The van der Waals surface area contributed by atoms with Crippen LogP contribution in [0.5, 0.6) is 0 Å². The predicted octanol–water partition coefficient (Wildman–Crippen LogP) is 2.22. The second kappa shape index (κ2) is 5.60. The number of aromatic nitrogens is 5. The van der Waals surface area contributed by atoms with E-state index in [2.05, 4.69) is 27.3 Å². The zero-order valence-electron chi connectivity index (χ0n) is 12.9. The summed E-state index contributed by atoms with van der Waals surface area (Å²) in [6.07, 6.45) is 10.5. The minimum absolute atomic E-state index is 0.459. The van der Waals surface area contributed by atoms with Crippen LogP contribution in [0.3, 0.4) is 0 Å². The fourth-order valence-electron chi connectivity index (χ4n) is 2.85. The van der Waals surface area contributed by atoms with Crippen molar-refractivity contribution in [2.75, 3.05) is 0 Å². The molecule has 2 N–H and O–H groups in total. The molecule has 3 rings (SSSR count). The van der Waals surface area contributed by atoms with E-state index < -0.39 is 5.54 Å². The van der Waals surface area contributed by atoms with Gasteiger partial charge in [0.15, 0.2) is 0 Å². The number of rotatable bonds is 4. The first-order chi connectivity index (χ1) is 10.0. The SMILES string of the molecule is CC(C)(N)c1cn(Cc2ccn(C3CCCCC3)n2)nn1. The topological polar surface area (TPSA) is 74.5 Å². The molecule has 0 aliphatic heterocycles. The lowest BCUT2D eigenvalue weighted by atomic mass is 9.96. The minimum atomic E-state index is -0.459. The van der Waals surface area contributed by atoms with E-state index in [0.29, 0.717) is 12.6 Å². The van der Waals surface area contributed by atoms with Crippen LogP contribution in [0.2, 0.25) is 0 Å². The summed E-state index contributed by atoms with van der Waals surface area (Å²) in [6, 6.07) is 2.64. The van der Waals surface area contributed by atoms with Crippen LogP contribution in [-0.4, -0.2) is 24.8 Å². The third-order valence-electron chi connectivity index (χ3n) is 4.14. The fraction of sp³-hybridized carbons (Fsp3) is 0.667. The van der Waals surface area contributed by atoms with Crippen LogP contribution in [0.15, 0.2) is 18.5 Å². The standard InChI is InChI=1S/C15H24N6/c1-15(2,16)14-11-20(19-17-14)10-12-8-9-21(18-12)13-6-4-3-5-7-13/h8-9,11,13H,3-7,10,16H2,1-2H3. The average molecular weight is 288 g/mol. The molecule has 1 aliphatic rings. The number of nitrogens with two attached hydrogens (primary N) is 1. The summed E-state index contributed by atoms with van der Waals surface area (Å²) < 4.78 is 3.93. The molecule has 0 spiro atoms. The molecule has 1 fully saturated rings. The van der Waals surface area contributed by atoms with Crippen molar-refractivity contribution in [1.82, 2.24) is 24.8 Å². The van der Waals surface area contributed by atoms with E-state index in [1.165, 1.54) is 32.1 Å². The molecule has 2 aromatic heterocycles. The smallest absolute Gasteiger partial charge is 0.102 e. The van der Waals surface area contributed by atoms with Crippen molar-refractivity contribution in [1.29, 1.82) is 0 Å². The molecule has 2 heterocycles. The molecule has 1 saturated carbocycles. The highest BCUT2D eigenvalue weighted by atomic mass is 15.4. The van der Waals surface area contributed by atoms with Crippen LogP contribution in [-0.2, 0) is 12.1 Å². The molecule has 114 valence electrons. The Morgan fingerprint density at radius 1 is 1.29 bits per heavy atom. The third-order valence-corrected chi connectivity index (χ3v) is 4.14. The average Bonchev–Trinajstić information content (AvgIpc) is 3.09. The van der Waals surface area contributed by atoms with Crippen molar-refractivity contribution < 1.29 is 0 Å². The summed E-state index contributed by atoms with van der Waals surface area (Å²) in [7, 11) is 0. The molecule has 0 atom stereocenters. The Morgan fingerprint density at radius 3 is 2.71 bits per heavy atom. The second-order valence-corrected chi connectivity index (χ2v) is 6.60. The summed E-state index contributed by atoms with van der Waals surface area (Å²) in [5.41, 5.74) is 7.39. The fourth-order valence-corrected chi connectivity index (χ4v) is 2.85. The van der Waals surface area contributed by atoms with E-state index in [1.807, 2.05) is 20.0 Å². The van der Waals surface area contributed by atoms with Gasteiger partial charge in [-0.25, -0.2) is 4.68 Å². The van der Waals surface area contributed by atoms with Crippen molar-refractivity contribution in [2.24, 2.45) is 5.73 Å². The van der Waals surface area contributed by atoms with Gasteiger partial charge in [-0.2, -0.15) is 5.10 Å². The van der Waals surface area contributed by atoms with Gasteiger partial charge in [0.25, 0.3) is 0 Å². The van der Waals surface area contributed by atoms with Gasteiger partial charge in [-0.3, -0.25) is 4.68 Å². The summed E-state index contributed by atoms with van der Waals surface area (Å²) in [5.74, 6) is 0. The van der Waals surface area contributed by atoms with Crippen LogP contribution in [0, 0.1) is 0 Å². The van der Waals surface area contributed by atoms with E-state index in [4.69, 9.17) is 10.8 Å². The predicted molar refractivity (Wildman–Crippen MR) is 80.7 cm³/mol. The monoisotopic (exact) mass is 288 g/mol. The normalized spacial score (nSPS) is 17.3. The maximum atomic E-state index is 6.03. The van der Waals surface area contributed by atoms with Crippen LogP contribution >= 0.6 is 0 Å². The molecule has 0 radical (unpaired) electrons. The van der Waals surface area contributed by atoms with Gasteiger partial charge in [-0.15, -0.1) is 5.10 Å². The summed E-state index contributed by atoms with van der Waals surface area (Å²) in [6.45, 7) is 4.50. The zero-order valence-corrected chi connectivity index (χ0v) is 12.9. The van der Waals surface area contributed by atoms with E-state index in [-0.39, 0.29) is 0 Å². The van der Waals surface area contributed by atoms with Gasteiger partial charge in [0.05, 0.1) is 30.0 Å². The zero-order chi connectivity index (χ0) is 14.9. The van der Waals surface area contributed by atoms with Crippen molar-refractivity contribution in [3.05, 3.63) is 29.8 Å². The van der Waals surface area contributed by atoms with Gasteiger partial charge in [-0.1, -0.05) is 24.5 Å². The first-order valence-electron chi connectivity index (χ1n) is 7.76. The van der Waals surface area contributed by atoms with Crippen LogP contribution in [0.4, 0.5) is 0 Å². The van der Waals surface area contributed by atoms with Crippen molar-refractivity contribution >= 4 is 0 Å². The summed E-state index contributed by atoms with van der Waals surface area (Å²) in [4.78, 5) is 0. The first kappa shape index (κ1) is 14.3. The quantitative estimate of drug-likeness (QED) is 0.936. The molecule has 0 amide bonds. The largest absolute Gasteiger partial charge is 0.320 e. The van der Waals surface area contributed by atoms with Crippen molar-refractivity contribution in [2.45, 2.75) is 64.1 Å². The molecule has 0 unspecified atom stereocenters. The number of hydrogen-bond donors (Lipinski definition) is 1. The van der Waals surface area contributed by atoms with Gasteiger partial charge in [0, 0.05) is 6.20 Å². The lowest BCUT2D eigenvalue weighted by Crippen LogP contribution is -2.29. The third kappa shape index (κ3) is 3.32. The highest BCUT2D eigenvalue weighted by Crippen LogP contribution is 2.27. The molecule has 0 bridgehead atoms. The Morgan fingerprint density at radius 2 is 2.05 bits per heavy atom. The Labute approximate surface area is 125 Å². The molecular formula is C15H24N6. The van der Waals surface area contributed by atoms with Crippen molar-refractivity contribution in [3.63, 3.8) is 0 Å². The van der Waals surface area contributed by atoms with Gasteiger partial charge in [-0.05, 0) is 32.8 Å². The molecule has 0 saturated heterocycles. The first-order valence-corrected chi connectivity index (χ1v) is 7.76. The maximum absolute atomic E-state index is 6.03. The molecule has 1 aliphatic carbocycles. The lowest BCUT2D eigenvalue weighted by Gasteiger charge is -2.21. The van der Waals surface area contributed by atoms with Gasteiger partial charge >= 0.3 is 0 Å². The Hall–Kier alpha value is -1.69. The maximum Gasteiger partial charge on any atom is 0.102 e. The Kier molecular flexibility index (Phi) is 3.80. The van der Waals surface area contributed by atoms with Gasteiger partial charge < -0.3 is 5.73 Å². The van der Waals surface area contributed by atoms with Crippen LogP contribution in [0.1, 0.15) is 63.4 Å². The summed E-state index contributed by atoms with van der Waals surface area (Å²) >= 11 is 0. The van der Waals surface area contributed by atoms with Crippen LogP contribution < -0.4 is 5.73 Å². The van der Waals surface area contributed by atoms with E-state index in [9.17, 15) is 0 Å². The van der Waals surface area contributed by atoms with Gasteiger partial charge in [0.2, 0.25) is 0 Å². The molecule has 2 aromatic rings. The highest BCUT2D eigenvalue weighted by molar-refractivity contribution is 5.07. The van der Waals surface area contributed by atoms with Crippen LogP contribution in [0.25, 0.3) is 0 Å². The minimum Gasteiger partial charge on any atom is -0.320 e. The Balaban J connectivity index is 1.68. The highest BCUT2D eigenvalue weighted by Gasteiger charge is 2.19. The molecule has 0 aromatic carbocycles. The Bertz CT molecular complexity index is 585. The molecule has 6 nitrogen and oxygen atoms in total. The molecule has 21 heavy (non-hydrogen) atoms. The van der Waals surface area contributed by atoms with E-state index in [0.717, 1.165) is 11.4 Å². The summed E-state index contributed by atoms with van der Waals surface area (Å²) in [5, 5.41) is 13.0. The molecule has 6 heteroatoms. The lowest BCUT2D eigenvalue weighted by molar-refractivity contribution is 0.327. The molecular weight excluding hydrogens is 264 g/mol. The number of hydrogen-bond acceptors (Lipinski definition) is 4. The van der Waals surface area contributed by atoms with E-state index >= 15 is 0 Å². The van der Waals surface area contributed by atoms with Gasteiger partial charge in [0.1, 0.15) is 5.69 Å². The van der Waals surface area contributed by atoms with Crippen molar-refractivity contribution in [3.8, 4) is 0 Å². The van der Waals surface area contributed by atoms with E-state index in [1.54, 1.807) is 4.68 Å². The number of nitrogens with zero attached hydrogens (tertiary/aromatic N) is 5.